The van der Waals surface area contributed by atoms with Crippen molar-refractivity contribution in [3.05, 3.63) is 35.4 Å². The minimum atomic E-state index is -0.952. The molecule has 128 valence electrons. The molecule has 0 radical (unpaired) electrons. The first-order chi connectivity index (χ1) is 10.4. The highest BCUT2D eigenvalue weighted by Crippen LogP contribution is 2.26. The molecule has 0 saturated heterocycles. The molecule has 1 N–H and O–H groups in total. The van der Waals surface area contributed by atoms with Crippen LogP contribution in [0, 0.1) is 17.0 Å². The Bertz CT molecular complexity index is 572. The van der Waals surface area contributed by atoms with E-state index < -0.39 is 35.7 Å². The molecule has 23 heavy (non-hydrogen) atoms. The van der Waals surface area contributed by atoms with Gasteiger partial charge in [-0.05, 0) is 37.8 Å². The van der Waals surface area contributed by atoms with Crippen molar-refractivity contribution in [1.29, 1.82) is 0 Å². The van der Waals surface area contributed by atoms with Crippen molar-refractivity contribution in [2.24, 2.45) is 5.41 Å². The van der Waals surface area contributed by atoms with Gasteiger partial charge >= 0.3 is 5.97 Å². The lowest BCUT2D eigenvalue weighted by molar-refractivity contribution is -0.126. The largest absolute Gasteiger partial charge is 0.452 e. The Morgan fingerprint density at radius 2 is 1.57 bits per heavy atom. The highest BCUT2D eigenvalue weighted by molar-refractivity contribution is 5.91. The lowest BCUT2D eigenvalue weighted by Crippen LogP contribution is -2.47. The smallest absolute Gasteiger partial charge is 0.338 e. The zero-order chi connectivity index (χ0) is 17.8. The van der Waals surface area contributed by atoms with Crippen LogP contribution in [0.25, 0.3) is 0 Å². The molecule has 6 heteroatoms. The summed E-state index contributed by atoms with van der Waals surface area (Å²) in [7, 11) is 0. The third-order valence-corrected chi connectivity index (χ3v) is 2.88. The minimum Gasteiger partial charge on any atom is -0.452 e. The number of nitrogens with one attached hydrogen (secondary N) is 1. The summed E-state index contributed by atoms with van der Waals surface area (Å²) in [4.78, 5) is 23.6. The van der Waals surface area contributed by atoms with Crippen molar-refractivity contribution in [2.75, 3.05) is 6.61 Å². The molecule has 0 atom stereocenters. The summed E-state index contributed by atoms with van der Waals surface area (Å²) in [5.74, 6) is -3.18. The molecule has 1 aromatic carbocycles. The van der Waals surface area contributed by atoms with Crippen LogP contribution >= 0.6 is 0 Å². The monoisotopic (exact) mass is 327 g/mol. The van der Waals surface area contributed by atoms with E-state index in [-0.39, 0.29) is 11.0 Å². The highest BCUT2D eigenvalue weighted by Gasteiger charge is 2.27. The van der Waals surface area contributed by atoms with E-state index in [0.29, 0.717) is 6.07 Å². The SMILES string of the molecule is CC(C)(C)CC(C)(C)NC(=O)COC(=O)c1cc(F)cc(F)c1. The molecule has 0 spiro atoms. The van der Waals surface area contributed by atoms with Gasteiger partial charge in [0.15, 0.2) is 6.61 Å². The Morgan fingerprint density at radius 3 is 2.04 bits per heavy atom. The maximum absolute atomic E-state index is 13.0. The van der Waals surface area contributed by atoms with Gasteiger partial charge in [0.1, 0.15) is 11.6 Å². The van der Waals surface area contributed by atoms with Gasteiger partial charge in [-0.3, -0.25) is 4.79 Å². The molecule has 0 aliphatic rings. The molecule has 0 unspecified atom stereocenters. The third-order valence-electron chi connectivity index (χ3n) is 2.88. The molecule has 0 fully saturated rings. The van der Waals surface area contributed by atoms with Crippen molar-refractivity contribution < 1.29 is 23.1 Å². The number of halogens is 2. The van der Waals surface area contributed by atoms with Gasteiger partial charge in [-0.25, -0.2) is 13.6 Å². The number of amides is 1. The summed E-state index contributed by atoms with van der Waals surface area (Å²) in [6.07, 6.45) is 0.731. The third kappa shape index (κ3) is 7.21. The zero-order valence-corrected chi connectivity index (χ0v) is 14.1. The second-order valence-corrected chi connectivity index (χ2v) is 7.40. The quantitative estimate of drug-likeness (QED) is 0.843. The Balaban J connectivity index is 2.57. The summed E-state index contributed by atoms with van der Waals surface area (Å²) in [5.41, 5.74) is -0.719. The van der Waals surface area contributed by atoms with Crippen LogP contribution in [-0.4, -0.2) is 24.0 Å². The molecule has 0 aliphatic carbocycles. The van der Waals surface area contributed by atoms with Gasteiger partial charge in [-0.1, -0.05) is 20.8 Å². The average Bonchev–Trinajstić information content (AvgIpc) is 2.30. The molecule has 0 aliphatic heterocycles. The predicted octanol–water partition coefficient (Wildman–Crippen LogP) is 3.45. The molecule has 1 amide bonds. The average molecular weight is 327 g/mol. The Hall–Kier alpha value is -1.98. The second kappa shape index (κ2) is 7.06. The van der Waals surface area contributed by atoms with Crippen LogP contribution in [-0.2, 0) is 9.53 Å². The fraction of sp³-hybridized carbons (Fsp3) is 0.529. The van der Waals surface area contributed by atoms with E-state index >= 15 is 0 Å². The van der Waals surface area contributed by atoms with Crippen molar-refractivity contribution in [3.8, 4) is 0 Å². The van der Waals surface area contributed by atoms with E-state index in [1.807, 2.05) is 13.8 Å². The number of benzene rings is 1. The first kappa shape index (κ1) is 19.1. The van der Waals surface area contributed by atoms with Crippen LogP contribution < -0.4 is 5.32 Å². The summed E-state index contributed by atoms with van der Waals surface area (Å²) in [6.45, 7) is 9.41. The van der Waals surface area contributed by atoms with Gasteiger partial charge in [0.05, 0.1) is 5.56 Å². The second-order valence-electron chi connectivity index (χ2n) is 7.40. The molecular formula is C17H23F2NO3. The van der Waals surface area contributed by atoms with Gasteiger partial charge in [0.25, 0.3) is 5.91 Å². The summed E-state index contributed by atoms with van der Waals surface area (Å²) >= 11 is 0. The fourth-order valence-corrected chi connectivity index (χ4v) is 2.67. The fourth-order valence-electron chi connectivity index (χ4n) is 2.67. The topological polar surface area (TPSA) is 55.4 Å². The van der Waals surface area contributed by atoms with E-state index in [9.17, 15) is 18.4 Å². The zero-order valence-electron chi connectivity index (χ0n) is 14.1. The summed E-state index contributed by atoms with van der Waals surface area (Å²) < 4.78 is 30.9. The van der Waals surface area contributed by atoms with Crippen LogP contribution in [0.1, 0.15) is 51.4 Å². The molecule has 4 nitrogen and oxygen atoms in total. The van der Waals surface area contributed by atoms with Crippen LogP contribution in [0.3, 0.4) is 0 Å². The molecule has 0 heterocycles. The number of carbonyl (C=O) groups excluding carboxylic acids is 2. The van der Waals surface area contributed by atoms with Gasteiger partial charge in [-0.2, -0.15) is 0 Å². The Morgan fingerprint density at radius 1 is 1.04 bits per heavy atom. The van der Waals surface area contributed by atoms with Gasteiger partial charge < -0.3 is 10.1 Å². The normalized spacial score (nSPS) is 12.0. The van der Waals surface area contributed by atoms with Crippen LogP contribution in [0.5, 0.6) is 0 Å². The van der Waals surface area contributed by atoms with E-state index in [2.05, 4.69) is 26.1 Å². The van der Waals surface area contributed by atoms with E-state index in [1.165, 1.54) is 0 Å². The molecule has 0 aromatic heterocycles. The van der Waals surface area contributed by atoms with Crippen LogP contribution in [0.4, 0.5) is 8.78 Å². The molecule has 0 saturated carbocycles. The summed E-state index contributed by atoms with van der Waals surface area (Å²) in [5, 5.41) is 2.78. The van der Waals surface area contributed by atoms with Gasteiger partial charge in [-0.15, -0.1) is 0 Å². The Labute approximate surface area is 135 Å². The Kier molecular flexibility index (Phi) is 5.86. The van der Waals surface area contributed by atoms with Gasteiger partial charge in [0, 0.05) is 11.6 Å². The number of ether oxygens (including phenoxy) is 1. The maximum atomic E-state index is 13.0. The van der Waals surface area contributed by atoms with Gasteiger partial charge in [0.2, 0.25) is 0 Å². The van der Waals surface area contributed by atoms with E-state index in [0.717, 1.165) is 18.6 Å². The lowest BCUT2D eigenvalue weighted by atomic mass is 9.82. The van der Waals surface area contributed by atoms with Crippen molar-refractivity contribution in [1.82, 2.24) is 5.32 Å². The highest BCUT2D eigenvalue weighted by atomic mass is 19.1. The van der Waals surface area contributed by atoms with E-state index in [1.54, 1.807) is 0 Å². The number of hydrogen-bond donors (Lipinski definition) is 1. The molecule has 0 bridgehead atoms. The van der Waals surface area contributed by atoms with Crippen molar-refractivity contribution in [2.45, 2.75) is 46.6 Å². The first-order valence-electron chi connectivity index (χ1n) is 7.32. The number of carbonyl (C=O) groups is 2. The molecule has 1 rings (SSSR count). The lowest BCUT2D eigenvalue weighted by Gasteiger charge is -2.33. The number of hydrogen-bond acceptors (Lipinski definition) is 3. The van der Waals surface area contributed by atoms with E-state index in [4.69, 9.17) is 4.74 Å². The number of esters is 1. The van der Waals surface area contributed by atoms with Crippen LogP contribution in [0.15, 0.2) is 18.2 Å². The molecule has 1 aromatic rings. The number of rotatable bonds is 5. The summed E-state index contributed by atoms with van der Waals surface area (Å²) in [6, 6.07) is 2.36. The maximum Gasteiger partial charge on any atom is 0.338 e. The molecular weight excluding hydrogens is 304 g/mol. The van der Waals surface area contributed by atoms with Crippen molar-refractivity contribution >= 4 is 11.9 Å². The first-order valence-corrected chi connectivity index (χ1v) is 7.32. The van der Waals surface area contributed by atoms with Crippen molar-refractivity contribution in [3.63, 3.8) is 0 Å². The minimum absolute atomic E-state index is 0.0204. The standard InChI is InChI=1S/C17H23F2NO3/c1-16(2,3)10-17(4,5)20-14(21)9-23-15(22)11-6-12(18)8-13(19)7-11/h6-8H,9-10H2,1-5H3,(H,20,21). The predicted molar refractivity (Wildman–Crippen MR) is 82.9 cm³/mol. The van der Waals surface area contributed by atoms with Crippen LogP contribution in [0.2, 0.25) is 0 Å².